The number of piperidine rings is 1. The minimum Gasteiger partial charge on any atom is -0.493 e. The zero-order valence-electron chi connectivity index (χ0n) is 11.9. The predicted molar refractivity (Wildman–Crippen MR) is 77.6 cm³/mol. The van der Waals surface area contributed by atoms with Crippen LogP contribution >= 0.6 is 0 Å². The number of amides is 1. The third-order valence-corrected chi connectivity index (χ3v) is 4.26. The summed E-state index contributed by atoms with van der Waals surface area (Å²) < 4.78 is 5.63. The van der Waals surface area contributed by atoms with Gasteiger partial charge in [0.15, 0.2) is 0 Å². The molecule has 108 valence electrons. The van der Waals surface area contributed by atoms with Gasteiger partial charge in [-0.3, -0.25) is 4.79 Å². The highest BCUT2D eigenvalue weighted by Gasteiger charge is 2.28. The van der Waals surface area contributed by atoms with Gasteiger partial charge in [-0.15, -0.1) is 0 Å². The molecule has 4 heteroatoms. The lowest BCUT2D eigenvalue weighted by atomic mass is 9.93. The minimum atomic E-state index is -0.0474. The van der Waals surface area contributed by atoms with Crippen LogP contribution in [0.4, 0.5) is 0 Å². The van der Waals surface area contributed by atoms with E-state index in [9.17, 15) is 4.79 Å². The van der Waals surface area contributed by atoms with Gasteiger partial charge in [0.1, 0.15) is 5.75 Å². The molecule has 2 heterocycles. The zero-order chi connectivity index (χ0) is 13.9. The van der Waals surface area contributed by atoms with Crippen molar-refractivity contribution < 1.29 is 9.53 Å². The molecule has 0 bridgehead atoms. The molecule has 0 spiro atoms. The highest BCUT2D eigenvalue weighted by molar-refractivity contribution is 5.82. The summed E-state index contributed by atoms with van der Waals surface area (Å²) in [7, 11) is 0. The first kappa shape index (κ1) is 13.4. The third-order valence-electron chi connectivity index (χ3n) is 4.26. The second-order valence-corrected chi connectivity index (χ2v) is 5.87. The van der Waals surface area contributed by atoms with Gasteiger partial charge in [0.2, 0.25) is 5.91 Å². The Kier molecular flexibility index (Phi) is 3.92. The molecule has 3 atom stereocenters. The van der Waals surface area contributed by atoms with Gasteiger partial charge in [0, 0.05) is 12.0 Å². The van der Waals surface area contributed by atoms with Crippen molar-refractivity contribution in [1.82, 2.24) is 10.6 Å². The SMILES string of the molecule is CC1CCNC(C(=O)NC2CCOc3ccccc32)C1. The Morgan fingerprint density at radius 1 is 1.35 bits per heavy atom. The Balaban J connectivity index is 1.68. The van der Waals surface area contributed by atoms with E-state index >= 15 is 0 Å². The lowest BCUT2D eigenvalue weighted by Crippen LogP contribution is -2.49. The van der Waals surface area contributed by atoms with E-state index < -0.39 is 0 Å². The molecule has 3 rings (SSSR count). The molecule has 4 nitrogen and oxygen atoms in total. The Labute approximate surface area is 119 Å². The number of para-hydroxylation sites is 1. The molecule has 1 aromatic rings. The third kappa shape index (κ3) is 2.80. The van der Waals surface area contributed by atoms with E-state index in [1.807, 2.05) is 24.3 Å². The number of hydrogen-bond donors (Lipinski definition) is 2. The Morgan fingerprint density at radius 3 is 3.05 bits per heavy atom. The summed E-state index contributed by atoms with van der Waals surface area (Å²) in [6.07, 6.45) is 2.92. The number of nitrogens with one attached hydrogen (secondary N) is 2. The highest BCUT2D eigenvalue weighted by atomic mass is 16.5. The quantitative estimate of drug-likeness (QED) is 0.867. The van der Waals surface area contributed by atoms with E-state index in [1.54, 1.807) is 0 Å². The van der Waals surface area contributed by atoms with E-state index in [0.717, 1.165) is 37.1 Å². The van der Waals surface area contributed by atoms with E-state index in [-0.39, 0.29) is 18.0 Å². The summed E-state index contributed by atoms with van der Waals surface area (Å²) in [6, 6.07) is 7.99. The molecule has 1 aromatic carbocycles. The number of fused-ring (bicyclic) bond motifs is 1. The normalized spacial score (nSPS) is 29.1. The molecule has 0 aliphatic carbocycles. The molecule has 20 heavy (non-hydrogen) atoms. The van der Waals surface area contributed by atoms with Gasteiger partial charge in [0.25, 0.3) is 0 Å². The number of hydrogen-bond acceptors (Lipinski definition) is 3. The summed E-state index contributed by atoms with van der Waals surface area (Å²) in [4.78, 5) is 12.4. The van der Waals surface area contributed by atoms with Crippen molar-refractivity contribution in [3.63, 3.8) is 0 Å². The maximum atomic E-state index is 12.4. The lowest BCUT2D eigenvalue weighted by Gasteiger charge is -2.31. The van der Waals surface area contributed by atoms with Gasteiger partial charge in [-0.05, 0) is 31.4 Å². The van der Waals surface area contributed by atoms with Gasteiger partial charge in [-0.2, -0.15) is 0 Å². The number of rotatable bonds is 2. The number of benzene rings is 1. The minimum absolute atomic E-state index is 0.0474. The van der Waals surface area contributed by atoms with Gasteiger partial charge < -0.3 is 15.4 Å². The molecule has 2 aliphatic heterocycles. The van der Waals surface area contributed by atoms with Crippen molar-refractivity contribution >= 4 is 5.91 Å². The van der Waals surface area contributed by atoms with Gasteiger partial charge in [0.05, 0.1) is 18.7 Å². The van der Waals surface area contributed by atoms with Crippen molar-refractivity contribution in [2.24, 2.45) is 5.92 Å². The number of ether oxygens (including phenoxy) is 1. The van der Waals surface area contributed by atoms with Crippen LogP contribution in [0.3, 0.4) is 0 Å². The first-order valence-corrected chi connectivity index (χ1v) is 7.49. The molecule has 0 radical (unpaired) electrons. The van der Waals surface area contributed by atoms with Crippen LogP contribution in [0.2, 0.25) is 0 Å². The van der Waals surface area contributed by atoms with Crippen LogP contribution in [0.5, 0.6) is 5.75 Å². The van der Waals surface area contributed by atoms with E-state index in [2.05, 4.69) is 17.6 Å². The summed E-state index contributed by atoms with van der Waals surface area (Å²) in [5.41, 5.74) is 1.09. The molecule has 1 saturated heterocycles. The standard InChI is InChI=1S/C16H22N2O2/c1-11-6-8-17-14(10-11)16(19)18-13-7-9-20-15-5-3-2-4-12(13)15/h2-5,11,13-14,17H,6-10H2,1H3,(H,18,19). The van der Waals surface area contributed by atoms with Gasteiger partial charge in [-0.1, -0.05) is 25.1 Å². The summed E-state index contributed by atoms with van der Waals surface area (Å²) >= 11 is 0. The topological polar surface area (TPSA) is 50.4 Å². The van der Waals surface area contributed by atoms with Crippen molar-refractivity contribution in [3.05, 3.63) is 29.8 Å². The Morgan fingerprint density at radius 2 is 2.20 bits per heavy atom. The molecule has 3 unspecified atom stereocenters. The fraction of sp³-hybridized carbons (Fsp3) is 0.562. The maximum Gasteiger partial charge on any atom is 0.237 e. The average Bonchev–Trinajstić information content (AvgIpc) is 2.47. The molecule has 0 saturated carbocycles. The maximum absolute atomic E-state index is 12.4. The first-order valence-electron chi connectivity index (χ1n) is 7.49. The molecular formula is C16H22N2O2. The van der Waals surface area contributed by atoms with Crippen molar-refractivity contribution in [2.75, 3.05) is 13.2 Å². The van der Waals surface area contributed by atoms with E-state index in [1.165, 1.54) is 0 Å². The summed E-state index contributed by atoms with van der Waals surface area (Å²) in [6.45, 7) is 3.81. The van der Waals surface area contributed by atoms with Crippen molar-refractivity contribution in [1.29, 1.82) is 0 Å². The van der Waals surface area contributed by atoms with Crippen LogP contribution in [0.15, 0.2) is 24.3 Å². The van der Waals surface area contributed by atoms with Crippen LogP contribution in [-0.4, -0.2) is 25.1 Å². The monoisotopic (exact) mass is 274 g/mol. The highest BCUT2D eigenvalue weighted by Crippen LogP contribution is 2.31. The smallest absolute Gasteiger partial charge is 0.237 e. The largest absolute Gasteiger partial charge is 0.493 e. The number of carbonyl (C=O) groups is 1. The van der Waals surface area contributed by atoms with E-state index in [0.29, 0.717) is 12.5 Å². The second kappa shape index (κ2) is 5.83. The molecule has 2 aliphatic rings. The predicted octanol–water partition coefficient (Wildman–Crippen LogP) is 2.01. The zero-order valence-corrected chi connectivity index (χ0v) is 11.9. The lowest BCUT2D eigenvalue weighted by molar-refractivity contribution is -0.125. The molecule has 0 aromatic heterocycles. The van der Waals surface area contributed by atoms with Gasteiger partial charge >= 0.3 is 0 Å². The van der Waals surface area contributed by atoms with Crippen LogP contribution in [0.1, 0.15) is 37.8 Å². The average molecular weight is 274 g/mol. The first-order chi connectivity index (χ1) is 9.74. The van der Waals surface area contributed by atoms with Crippen molar-refractivity contribution in [3.8, 4) is 5.75 Å². The second-order valence-electron chi connectivity index (χ2n) is 5.87. The summed E-state index contributed by atoms with van der Waals surface area (Å²) in [5.74, 6) is 1.64. The molecule has 1 fully saturated rings. The Bertz CT molecular complexity index is 489. The fourth-order valence-corrected chi connectivity index (χ4v) is 3.07. The molecule has 1 amide bonds. The van der Waals surface area contributed by atoms with Crippen molar-refractivity contribution in [2.45, 2.75) is 38.3 Å². The van der Waals surface area contributed by atoms with Crippen LogP contribution in [-0.2, 0) is 4.79 Å². The van der Waals surface area contributed by atoms with Crippen LogP contribution < -0.4 is 15.4 Å². The number of carbonyl (C=O) groups excluding carboxylic acids is 1. The molecular weight excluding hydrogens is 252 g/mol. The van der Waals surface area contributed by atoms with Crippen LogP contribution in [0.25, 0.3) is 0 Å². The van der Waals surface area contributed by atoms with E-state index in [4.69, 9.17) is 4.74 Å². The van der Waals surface area contributed by atoms with Gasteiger partial charge in [-0.25, -0.2) is 0 Å². The van der Waals surface area contributed by atoms with Crippen LogP contribution in [0, 0.1) is 5.92 Å². The molecule has 2 N–H and O–H groups in total. The Hall–Kier alpha value is -1.55. The summed E-state index contributed by atoms with van der Waals surface area (Å²) in [5, 5.41) is 6.50. The fourth-order valence-electron chi connectivity index (χ4n) is 3.07.